The van der Waals surface area contributed by atoms with E-state index in [0.717, 1.165) is 35.5 Å². The average Bonchev–Trinajstić information content (AvgIpc) is 3.08. The minimum atomic E-state index is -0.878. The van der Waals surface area contributed by atoms with E-state index >= 15 is 0 Å². The van der Waals surface area contributed by atoms with E-state index in [1.807, 2.05) is 24.3 Å². The largest absolute Gasteiger partial charge is 0.497 e. The molecule has 1 heterocycles. The second kappa shape index (κ2) is 10.6. The maximum absolute atomic E-state index is 12.9. The number of amides is 5. The normalized spacial score (nSPS) is 16.7. The number of methoxy groups -OCH3 is 1. The van der Waals surface area contributed by atoms with Gasteiger partial charge in [-0.05, 0) is 49.1 Å². The third-order valence-electron chi connectivity index (χ3n) is 6.56. The number of nitrogens with zero attached hydrogens (tertiary/aromatic N) is 1. The van der Waals surface area contributed by atoms with Gasteiger partial charge < -0.3 is 20.7 Å². The number of ether oxygens (including phenoxy) is 1. The van der Waals surface area contributed by atoms with Crippen molar-refractivity contribution in [2.24, 2.45) is 0 Å². The third kappa shape index (κ3) is 5.45. The number of rotatable bonds is 8. The zero-order valence-electron chi connectivity index (χ0n) is 19.8. The van der Waals surface area contributed by atoms with Crippen molar-refractivity contribution < 1.29 is 23.9 Å². The number of anilines is 1. The zero-order valence-corrected chi connectivity index (χ0v) is 19.8. The van der Waals surface area contributed by atoms with Crippen molar-refractivity contribution in [2.75, 3.05) is 25.5 Å². The fourth-order valence-electron chi connectivity index (χ4n) is 4.65. The molecular weight excluding hydrogens is 448 g/mol. The monoisotopic (exact) mass is 478 g/mol. The van der Waals surface area contributed by atoms with Gasteiger partial charge >= 0.3 is 6.03 Å². The first-order chi connectivity index (χ1) is 16.9. The van der Waals surface area contributed by atoms with E-state index in [9.17, 15) is 19.2 Å². The zero-order chi connectivity index (χ0) is 24.8. The summed E-state index contributed by atoms with van der Waals surface area (Å²) in [5, 5.41) is 8.35. The fraction of sp³-hybridized carbons (Fsp3) is 0.385. The van der Waals surface area contributed by atoms with Crippen LogP contribution in [0.5, 0.6) is 5.75 Å². The Hall–Kier alpha value is -3.88. The van der Waals surface area contributed by atoms with Gasteiger partial charge in [0, 0.05) is 6.54 Å². The van der Waals surface area contributed by atoms with Gasteiger partial charge in [-0.25, -0.2) is 4.79 Å². The van der Waals surface area contributed by atoms with Crippen LogP contribution in [0.1, 0.15) is 48.0 Å². The summed E-state index contributed by atoms with van der Waals surface area (Å²) in [6.45, 7) is 0.0117. The van der Waals surface area contributed by atoms with Gasteiger partial charge in [0.25, 0.3) is 11.8 Å². The second-order valence-corrected chi connectivity index (χ2v) is 8.91. The number of hydrogen-bond acceptors (Lipinski definition) is 5. The highest BCUT2D eigenvalue weighted by atomic mass is 16.5. The Balaban J connectivity index is 1.34. The smallest absolute Gasteiger partial charge is 0.325 e. The first-order valence-corrected chi connectivity index (χ1v) is 11.9. The SMILES string of the molecule is COc1ccc(CCNC(=O)c2ccccc2NC(=O)CN2C(=O)NC3(CCCCC3)C2=O)cc1. The minimum Gasteiger partial charge on any atom is -0.497 e. The van der Waals surface area contributed by atoms with Crippen molar-refractivity contribution in [3.63, 3.8) is 0 Å². The van der Waals surface area contributed by atoms with E-state index < -0.39 is 24.0 Å². The van der Waals surface area contributed by atoms with Crippen LogP contribution < -0.4 is 20.7 Å². The lowest BCUT2D eigenvalue weighted by Crippen LogP contribution is -2.48. The van der Waals surface area contributed by atoms with Crippen molar-refractivity contribution >= 4 is 29.4 Å². The third-order valence-corrected chi connectivity index (χ3v) is 6.56. The van der Waals surface area contributed by atoms with E-state index in [-0.39, 0.29) is 11.8 Å². The molecule has 9 nitrogen and oxygen atoms in total. The Kier molecular flexibility index (Phi) is 7.33. The number of benzene rings is 2. The highest BCUT2D eigenvalue weighted by molar-refractivity contribution is 6.11. The molecule has 0 atom stereocenters. The molecule has 5 amide bonds. The van der Waals surface area contributed by atoms with Gasteiger partial charge in [0.1, 0.15) is 17.8 Å². The predicted molar refractivity (Wildman–Crippen MR) is 130 cm³/mol. The van der Waals surface area contributed by atoms with E-state index in [4.69, 9.17) is 4.74 Å². The molecule has 1 spiro atoms. The van der Waals surface area contributed by atoms with Crippen LogP contribution in [-0.4, -0.2) is 54.4 Å². The van der Waals surface area contributed by atoms with Crippen molar-refractivity contribution in [1.82, 2.24) is 15.5 Å². The van der Waals surface area contributed by atoms with Crippen LogP contribution >= 0.6 is 0 Å². The first-order valence-electron chi connectivity index (χ1n) is 11.9. The lowest BCUT2D eigenvalue weighted by molar-refractivity contribution is -0.134. The van der Waals surface area contributed by atoms with Gasteiger partial charge in [-0.1, -0.05) is 43.5 Å². The number of carbonyl (C=O) groups excluding carboxylic acids is 4. The molecule has 1 aliphatic heterocycles. The molecule has 0 aromatic heterocycles. The lowest BCUT2D eigenvalue weighted by Gasteiger charge is -2.30. The van der Waals surface area contributed by atoms with E-state index in [1.165, 1.54) is 0 Å². The van der Waals surface area contributed by atoms with Crippen LogP contribution in [0.3, 0.4) is 0 Å². The lowest BCUT2D eigenvalue weighted by atomic mass is 9.82. The van der Waals surface area contributed by atoms with Crippen molar-refractivity contribution in [2.45, 2.75) is 44.1 Å². The number of imide groups is 1. The summed E-state index contributed by atoms with van der Waals surface area (Å²) in [4.78, 5) is 51.8. The van der Waals surface area contributed by atoms with Gasteiger partial charge in [0.2, 0.25) is 5.91 Å². The summed E-state index contributed by atoms with van der Waals surface area (Å²) in [5.41, 5.74) is 0.796. The summed E-state index contributed by atoms with van der Waals surface area (Å²) in [5.74, 6) is -0.447. The van der Waals surface area contributed by atoms with Crippen molar-refractivity contribution in [3.8, 4) is 5.75 Å². The molecule has 4 rings (SSSR count). The molecule has 2 aliphatic rings. The van der Waals surface area contributed by atoms with Crippen LogP contribution in [0.25, 0.3) is 0 Å². The van der Waals surface area contributed by atoms with Gasteiger partial charge in [0.15, 0.2) is 0 Å². The van der Waals surface area contributed by atoms with Gasteiger partial charge in [-0.3, -0.25) is 19.3 Å². The summed E-state index contributed by atoms with van der Waals surface area (Å²) in [6, 6.07) is 13.7. The summed E-state index contributed by atoms with van der Waals surface area (Å²) < 4.78 is 5.15. The quantitative estimate of drug-likeness (QED) is 0.505. The topological polar surface area (TPSA) is 117 Å². The Bertz CT molecular complexity index is 1110. The highest BCUT2D eigenvalue weighted by Crippen LogP contribution is 2.33. The Morgan fingerprint density at radius 2 is 1.74 bits per heavy atom. The molecule has 184 valence electrons. The Labute approximate surface area is 204 Å². The van der Waals surface area contributed by atoms with Gasteiger partial charge in [-0.2, -0.15) is 0 Å². The Morgan fingerprint density at radius 3 is 2.46 bits per heavy atom. The second-order valence-electron chi connectivity index (χ2n) is 8.91. The molecule has 1 saturated heterocycles. The molecule has 1 aliphatic carbocycles. The summed E-state index contributed by atoms with van der Waals surface area (Å²) in [6.07, 6.45) is 4.59. The maximum Gasteiger partial charge on any atom is 0.325 e. The van der Waals surface area contributed by atoms with Gasteiger partial charge in [0.05, 0.1) is 18.4 Å². The van der Waals surface area contributed by atoms with Crippen LogP contribution in [0.15, 0.2) is 48.5 Å². The van der Waals surface area contributed by atoms with E-state index in [0.29, 0.717) is 37.1 Å². The number of nitrogens with one attached hydrogen (secondary N) is 3. The molecule has 0 radical (unpaired) electrons. The van der Waals surface area contributed by atoms with E-state index in [2.05, 4.69) is 16.0 Å². The molecule has 0 bridgehead atoms. The molecule has 0 unspecified atom stereocenters. The average molecular weight is 479 g/mol. The van der Waals surface area contributed by atoms with Crippen LogP contribution in [-0.2, 0) is 16.0 Å². The molecule has 3 N–H and O–H groups in total. The van der Waals surface area contributed by atoms with Gasteiger partial charge in [-0.15, -0.1) is 0 Å². The number of hydrogen-bond donors (Lipinski definition) is 3. The predicted octanol–water partition coefficient (Wildman–Crippen LogP) is 2.86. The molecule has 9 heteroatoms. The fourth-order valence-corrected chi connectivity index (χ4v) is 4.65. The maximum atomic E-state index is 12.9. The molecule has 2 aromatic carbocycles. The molecule has 35 heavy (non-hydrogen) atoms. The summed E-state index contributed by atoms with van der Waals surface area (Å²) >= 11 is 0. The van der Waals surface area contributed by atoms with E-state index in [1.54, 1.807) is 31.4 Å². The number of para-hydroxylation sites is 1. The van der Waals surface area contributed by atoms with Crippen LogP contribution in [0.2, 0.25) is 0 Å². The summed E-state index contributed by atoms with van der Waals surface area (Å²) in [7, 11) is 1.61. The molecule has 1 saturated carbocycles. The molecular formula is C26H30N4O5. The molecule has 2 fully saturated rings. The van der Waals surface area contributed by atoms with Crippen molar-refractivity contribution in [3.05, 3.63) is 59.7 Å². The number of carbonyl (C=O) groups is 4. The standard InChI is InChI=1S/C26H30N4O5/c1-35-19-11-9-18(10-12-19)13-16-27-23(32)20-7-3-4-8-21(20)28-22(31)17-30-24(33)26(29-25(30)34)14-5-2-6-15-26/h3-4,7-12H,2,5-6,13-17H2,1H3,(H,27,32)(H,28,31)(H,29,34). The number of urea groups is 1. The highest BCUT2D eigenvalue weighted by Gasteiger charge is 2.51. The first kappa shape index (κ1) is 24.3. The minimum absolute atomic E-state index is 0.302. The van der Waals surface area contributed by atoms with Crippen molar-refractivity contribution in [1.29, 1.82) is 0 Å². The molecule has 2 aromatic rings. The van der Waals surface area contributed by atoms with Crippen LogP contribution in [0.4, 0.5) is 10.5 Å². The van der Waals surface area contributed by atoms with Crippen LogP contribution in [0, 0.1) is 0 Å². The Morgan fingerprint density at radius 1 is 1.03 bits per heavy atom.